The van der Waals surface area contributed by atoms with Crippen molar-refractivity contribution in [1.82, 2.24) is 10.2 Å². The lowest BCUT2D eigenvalue weighted by atomic mass is 10.2. The number of hydrogen-bond donors (Lipinski definition) is 2. The smallest absolute Gasteiger partial charge is 0.266 e. The topological polar surface area (TPSA) is 67.0 Å². The first-order valence-corrected chi connectivity index (χ1v) is 5.10. The Kier molecular flexibility index (Phi) is 5.47. The first-order valence-electron chi connectivity index (χ1n) is 5.10. The van der Waals surface area contributed by atoms with Crippen LogP contribution in [0, 0.1) is 0 Å². The lowest BCUT2D eigenvalue weighted by molar-refractivity contribution is 0.192. The van der Waals surface area contributed by atoms with Crippen molar-refractivity contribution in [3.63, 3.8) is 0 Å². The van der Waals surface area contributed by atoms with E-state index in [1.165, 1.54) is 6.07 Å². The summed E-state index contributed by atoms with van der Waals surface area (Å²) in [6, 6.07) is 1.50. The second-order valence-corrected chi connectivity index (χ2v) is 3.31. The zero-order valence-electron chi connectivity index (χ0n) is 8.95. The monoisotopic (exact) mass is 211 g/mol. The molecule has 15 heavy (non-hydrogen) atoms. The number of nitrogens with zero attached hydrogens (tertiary/aromatic N) is 1. The lowest BCUT2D eigenvalue weighted by Crippen LogP contribution is -2.09. The summed E-state index contributed by atoms with van der Waals surface area (Å²) in [5, 5.41) is 9.16. The minimum Gasteiger partial charge on any atom is -0.385 e. The maximum Gasteiger partial charge on any atom is 0.266 e. The van der Waals surface area contributed by atoms with Gasteiger partial charge in [-0.15, -0.1) is 0 Å². The molecule has 5 heteroatoms. The highest BCUT2D eigenvalue weighted by Gasteiger charge is 1.93. The molecule has 84 valence electrons. The van der Waals surface area contributed by atoms with Crippen LogP contribution in [0.25, 0.3) is 0 Å². The molecule has 0 aromatic carbocycles. The van der Waals surface area contributed by atoms with E-state index in [-0.39, 0.29) is 5.56 Å². The van der Waals surface area contributed by atoms with Crippen LogP contribution in [0.15, 0.2) is 17.1 Å². The maximum absolute atomic E-state index is 10.9. The summed E-state index contributed by atoms with van der Waals surface area (Å²) in [5.74, 6) is 0. The quantitative estimate of drug-likeness (QED) is 0.660. The number of hydrogen-bond acceptors (Lipinski definition) is 4. The zero-order chi connectivity index (χ0) is 10.9. The van der Waals surface area contributed by atoms with Gasteiger partial charge in [-0.25, -0.2) is 5.10 Å². The molecule has 0 spiro atoms. The fourth-order valence-corrected chi connectivity index (χ4v) is 1.25. The Hall–Kier alpha value is -1.36. The Morgan fingerprint density at radius 3 is 3.07 bits per heavy atom. The molecule has 0 radical (unpaired) electrons. The van der Waals surface area contributed by atoms with E-state index in [0.717, 1.165) is 38.1 Å². The Bertz CT molecular complexity index is 324. The number of H-pyrrole nitrogens is 1. The highest BCUT2D eigenvalue weighted by Crippen LogP contribution is 2.00. The number of rotatable bonds is 7. The van der Waals surface area contributed by atoms with Gasteiger partial charge < -0.3 is 10.1 Å². The number of anilines is 1. The number of ether oxygens (including phenoxy) is 1. The number of unbranched alkanes of at least 4 members (excludes halogenated alkanes) is 2. The van der Waals surface area contributed by atoms with Crippen molar-refractivity contribution < 1.29 is 4.74 Å². The second-order valence-electron chi connectivity index (χ2n) is 3.31. The molecule has 0 aliphatic rings. The van der Waals surface area contributed by atoms with Crippen LogP contribution in [0.2, 0.25) is 0 Å². The van der Waals surface area contributed by atoms with Crippen LogP contribution in [0.3, 0.4) is 0 Å². The van der Waals surface area contributed by atoms with Gasteiger partial charge in [0.2, 0.25) is 0 Å². The van der Waals surface area contributed by atoms with Gasteiger partial charge in [0.05, 0.1) is 11.9 Å². The third kappa shape index (κ3) is 5.17. The average molecular weight is 211 g/mol. The van der Waals surface area contributed by atoms with Gasteiger partial charge >= 0.3 is 0 Å². The van der Waals surface area contributed by atoms with E-state index in [0.29, 0.717) is 0 Å². The van der Waals surface area contributed by atoms with E-state index >= 15 is 0 Å². The molecular weight excluding hydrogens is 194 g/mol. The van der Waals surface area contributed by atoms with Crippen molar-refractivity contribution in [2.75, 3.05) is 25.6 Å². The first kappa shape index (κ1) is 11.7. The van der Waals surface area contributed by atoms with E-state index in [2.05, 4.69) is 15.5 Å². The third-order valence-electron chi connectivity index (χ3n) is 2.02. The van der Waals surface area contributed by atoms with E-state index in [4.69, 9.17) is 4.74 Å². The summed E-state index contributed by atoms with van der Waals surface area (Å²) >= 11 is 0. The van der Waals surface area contributed by atoms with Gasteiger partial charge in [0.25, 0.3) is 5.56 Å². The molecule has 2 N–H and O–H groups in total. The average Bonchev–Trinajstić information content (AvgIpc) is 2.23. The summed E-state index contributed by atoms with van der Waals surface area (Å²) in [6.07, 6.45) is 4.87. The Labute approximate surface area is 88.9 Å². The van der Waals surface area contributed by atoms with Gasteiger partial charge in [-0.2, -0.15) is 5.10 Å². The molecule has 0 aliphatic carbocycles. The summed E-state index contributed by atoms with van der Waals surface area (Å²) in [6.45, 7) is 1.67. The Morgan fingerprint density at radius 2 is 2.33 bits per heavy atom. The van der Waals surface area contributed by atoms with Crippen molar-refractivity contribution in [2.24, 2.45) is 0 Å². The van der Waals surface area contributed by atoms with Gasteiger partial charge in [-0.3, -0.25) is 4.79 Å². The van der Waals surface area contributed by atoms with Gasteiger partial charge in [0.15, 0.2) is 0 Å². The predicted octanol–water partition coefficient (Wildman–Crippen LogP) is 0.998. The maximum atomic E-state index is 10.9. The molecule has 0 saturated heterocycles. The van der Waals surface area contributed by atoms with Crippen LogP contribution in [0.1, 0.15) is 19.3 Å². The molecule has 0 amide bonds. The van der Waals surface area contributed by atoms with E-state index < -0.39 is 0 Å². The van der Waals surface area contributed by atoms with Crippen molar-refractivity contribution in [3.8, 4) is 0 Å². The summed E-state index contributed by atoms with van der Waals surface area (Å²) in [5.41, 5.74) is 0.588. The number of aromatic amines is 1. The largest absolute Gasteiger partial charge is 0.385 e. The molecule has 1 aromatic heterocycles. The van der Waals surface area contributed by atoms with Crippen LogP contribution in [-0.2, 0) is 4.74 Å². The van der Waals surface area contributed by atoms with Gasteiger partial charge in [0.1, 0.15) is 0 Å². The highest BCUT2D eigenvalue weighted by atomic mass is 16.5. The molecule has 0 atom stereocenters. The molecule has 1 aromatic rings. The molecule has 0 aliphatic heterocycles. The van der Waals surface area contributed by atoms with Crippen LogP contribution in [0.5, 0.6) is 0 Å². The van der Waals surface area contributed by atoms with Crippen molar-refractivity contribution in [1.29, 1.82) is 0 Å². The van der Waals surface area contributed by atoms with Crippen molar-refractivity contribution in [3.05, 3.63) is 22.6 Å². The predicted molar refractivity (Wildman–Crippen MR) is 59.1 cm³/mol. The minimum absolute atomic E-state index is 0.181. The number of methoxy groups -OCH3 is 1. The summed E-state index contributed by atoms with van der Waals surface area (Å²) in [7, 11) is 1.71. The molecular formula is C10H17N3O2. The standard InChI is InChI=1S/C10H17N3O2/c1-15-6-4-2-3-5-11-9-7-10(14)13-12-8-9/h7-8H,2-6H2,1H3,(H2,11,13,14). The normalized spacial score (nSPS) is 10.2. The minimum atomic E-state index is -0.181. The van der Waals surface area contributed by atoms with Crippen molar-refractivity contribution >= 4 is 5.69 Å². The van der Waals surface area contributed by atoms with Crippen LogP contribution in [-0.4, -0.2) is 30.5 Å². The molecule has 0 saturated carbocycles. The molecule has 0 fully saturated rings. The van der Waals surface area contributed by atoms with Crippen LogP contribution in [0.4, 0.5) is 5.69 Å². The van der Waals surface area contributed by atoms with Crippen LogP contribution >= 0.6 is 0 Å². The second kappa shape index (κ2) is 7.00. The third-order valence-corrected chi connectivity index (χ3v) is 2.02. The summed E-state index contributed by atoms with van der Waals surface area (Å²) < 4.78 is 4.95. The van der Waals surface area contributed by atoms with Gasteiger partial charge in [-0.05, 0) is 19.3 Å². The Morgan fingerprint density at radius 1 is 1.47 bits per heavy atom. The molecule has 0 unspecified atom stereocenters. The molecule has 5 nitrogen and oxygen atoms in total. The highest BCUT2D eigenvalue weighted by molar-refractivity contribution is 5.38. The van der Waals surface area contributed by atoms with E-state index in [1.807, 2.05) is 0 Å². The van der Waals surface area contributed by atoms with Crippen molar-refractivity contribution in [2.45, 2.75) is 19.3 Å². The first-order chi connectivity index (χ1) is 7.33. The fourth-order valence-electron chi connectivity index (χ4n) is 1.25. The molecule has 1 rings (SSSR count). The summed E-state index contributed by atoms with van der Waals surface area (Å²) in [4.78, 5) is 10.9. The van der Waals surface area contributed by atoms with Gasteiger partial charge in [-0.1, -0.05) is 0 Å². The fraction of sp³-hybridized carbons (Fsp3) is 0.600. The van der Waals surface area contributed by atoms with E-state index in [9.17, 15) is 4.79 Å². The lowest BCUT2D eigenvalue weighted by Gasteiger charge is -2.04. The van der Waals surface area contributed by atoms with Gasteiger partial charge in [0, 0.05) is 26.3 Å². The van der Waals surface area contributed by atoms with E-state index in [1.54, 1.807) is 13.3 Å². The Balaban J connectivity index is 2.12. The SMILES string of the molecule is COCCCCCNc1cn[nH]c(=O)c1. The zero-order valence-corrected chi connectivity index (χ0v) is 8.95. The van der Waals surface area contributed by atoms with Crippen LogP contribution < -0.4 is 10.9 Å². The molecule has 1 heterocycles. The number of aromatic nitrogens is 2. The number of nitrogens with one attached hydrogen (secondary N) is 2. The molecule has 0 bridgehead atoms.